The predicted octanol–water partition coefficient (Wildman–Crippen LogP) is -0.208. The molecular weight excluding hydrogens is 216 g/mol. The maximum absolute atomic E-state index is 11.7. The largest absolute Gasteiger partial charge is 0.319 e. The van der Waals surface area contributed by atoms with Crippen LogP contribution in [0.3, 0.4) is 0 Å². The molecule has 15 heavy (non-hydrogen) atoms. The molecule has 0 radical (unpaired) electrons. The summed E-state index contributed by atoms with van der Waals surface area (Å²) >= 11 is 0. The summed E-state index contributed by atoms with van der Waals surface area (Å²) in [6.07, 6.45) is 0. The highest BCUT2D eigenvalue weighted by atomic mass is 32.2. The molecular formula is C9H18N2O3S. The fraction of sp³-hybridized carbons (Fsp3) is 0.889. The molecule has 1 N–H and O–H groups in total. The van der Waals surface area contributed by atoms with Gasteiger partial charge in [-0.15, -0.1) is 0 Å². The molecule has 1 heterocycles. The van der Waals surface area contributed by atoms with Crippen LogP contribution < -0.4 is 5.32 Å². The Bertz CT molecular complexity index is 362. The topological polar surface area (TPSA) is 66.5 Å². The Morgan fingerprint density at radius 2 is 2.00 bits per heavy atom. The Balaban J connectivity index is 2.72. The predicted molar refractivity (Wildman–Crippen MR) is 57.8 cm³/mol. The number of rotatable bonds is 4. The van der Waals surface area contributed by atoms with Crippen LogP contribution in [0.25, 0.3) is 0 Å². The van der Waals surface area contributed by atoms with Gasteiger partial charge in [-0.25, -0.2) is 12.7 Å². The van der Waals surface area contributed by atoms with Gasteiger partial charge < -0.3 is 5.32 Å². The summed E-state index contributed by atoms with van der Waals surface area (Å²) in [6.45, 7) is 5.77. The summed E-state index contributed by atoms with van der Waals surface area (Å²) in [5, 5.41) is 2.95. The van der Waals surface area contributed by atoms with Crippen molar-refractivity contribution >= 4 is 15.9 Å². The van der Waals surface area contributed by atoms with E-state index in [9.17, 15) is 13.2 Å². The summed E-state index contributed by atoms with van der Waals surface area (Å²) in [5.41, 5.74) is 0. The standard InChI is InChI=1S/C9H18N2O3S/c1-7(5-10-4)6-11-8(12)9(2,3)15(11,13)14/h7,10H,5-6H2,1-4H3. The molecule has 1 rings (SSSR count). The van der Waals surface area contributed by atoms with Crippen molar-refractivity contribution < 1.29 is 13.2 Å². The zero-order valence-corrected chi connectivity index (χ0v) is 10.4. The normalized spacial score (nSPS) is 24.8. The number of amides is 1. The molecule has 1 amide bonds. The lowest BCUT2D eigenvalue weighted by Gasteiger charge is -2.44. The molecule has 0 aromatic carbocycles. The van der Waals surface area contributed by atoms with Crippen LogP contribution in [0.5, 0.6) is 0 Å². The zero-order valence-electron chi connectivity index (χ0n) is 9.57. The second kappa shape index (κ2) is 3.75. The average molecular weight is 234 g/mol. The number of hydrogen-bond donors (Lipinski definition) is 1. The number of nitrogens with one attached hydrogen (secondary N) is 1. The van der Waals surface area contributed by atoms with Gasteiger partial charge in [0.1, 0.15) is 0 Å². The number of sulfonamides is 1. The van der Waals surface area contributed by atoms with Gasteiger partial charge in [0, 0.05) is 6.54 Å². The van der Waals surface area contributed by atoms with Crippen LogP contribution in [-0.4, -0.2) is 43.5 Å². The lowest BCUT2D eigenvalue weighted by molar-refractivity contribution is -0.132. The highest BCUT2D eigenvalue weighted by Gasteiger charge is 2.59. The van der Waals surface area contributed by atoms with E-state index in [0.29, 0.717) is 6.54 Å². The molecule has 1 atom stereocenters. The van der Waals surface area contributed by atoms with Gasteiger partial charge in [-0.1, -0.05) is 6.92 Å². The van der Waals surface area contributed by atoms with E-state index in [2.05, 4.69) is 5.32 Å². The van der Waals surface area contributed by atoms with Crippen LogP contribution in [0, 0.1) is 5.92 Å². The van der Waals surface area contributed by atoms with E-state index >= 15 is 0 Å². The minimum atomic E-state index is -3.41. The Hall–Kier alpha value is -0.620. The Kier molecular flexibility index (Phi) is 3.11. The quantitative estimate of drug-likeness (QED) is 0.731. The molecule has 88 valence electrons. The van der Waals surface area contributed by atoms with Crippen LogP contribution in [0.2, 0.25) is 0 Å². The first kappa shape index (κ1) is 12.4. The molecule has 0 bridgehead atoms. The molecule has 0 aromatic rings. The zero-order chi connectivity index (χ0) is 11.9. The number of hydrogen-bond acceptors (Lipinski definition) is 4. The molecule has 0 spiro atoms. The van der Waals surface area contributed by atoms with Crippen molar-refractivity contribution in [2.75, 3.05) is 20.1 Å². The summed E-state index contributed by atoms with van der Waals surface area (Å²) in [5.74, 6) is -0.171. The van der Waals surface area contributed by atoms with Gasteiger partial charge in [0.25, 0.3) is 15.9 Å². The molecule has 6 heteroatoms. The van der Waals surface area contributed by atoms with Gasteiger partial charge in [0.05, 0.1) is 0 Å². The van der Waals surface area contributed by atoms with Gasteiger partial charge >= 0.3 is 0 Å². The third-order valence-electron chi connectivity index (χ3n) is 2.71. The van der Waals surface area contributed by atoms with Crippen LogP contribution in [0.1, 0.15) is 20.8 Å². The van der Waals surface area contributed by atoms with Gasteiger partial charge in [-0.2, -0.15) is 0 Å². The first-order chi connectivity index (χ1) is 6.75. The molecule has 5 nitrogen and oxygen atoms in total. The van der Waals surface area contributed by atoms with Crippen molar-refractivity contribution in [1.29, 1.82) is 0 Å². The number of carbonyl (C=O) groups excluding carboxylic acids is 1. The maximum Gasteiger partial charge on any atom is 0.258 e. The molecule has 1 unspecified atom stereocenters. The van der Waals surface area contributed by atoms with E-state index in [1.165, 1.54) is 13.8 Å². The molecule has 1 aliphatic heterocycles. The molecule has 0 aliphatic carbocycles. The van der Waals surface area contributed by atoms with Crippen molar-refractivity contribution in [1.82, 2.24) is 9.62 Å². The molecule has 0 saturated carbocycles. The molecule has 1 saturated heterocycles. The van der Waals surface area contributed by atoms with E-state index in [4.69, 9.17) is 0 Å². The second-order valence-corrected chi connectivity index (χ2v) is 6.93. The summed E-state index contributed by atoms with van der Waals surface area (Å²) in [4.78, 5) is 11.6. The van der Waals surface area contributed by atoms with Crippen molar-refractivity contribution in [3.8, 4) is 0 Å². The van der Waals surface area contributed by atoms with Gasteiger partial charge in [-0.05, 0) is 33.4 Å². The lowest BCUT2D eigenvalue weighted by atomic mass is 10.1. The highest BCUT2D eigenvalue weighted by molar-refractivity contribution is 7.94. The van der Waals surface area contributed by atoms with Gasteiger partial charge in [0.2, 0.25) is 0 Å². The van der Waals surface area contributed by atoms with E-state index in [1.807, 2.05) is 6.92 Å². The van der Waals surface area contributed by atoms with Crippen LogP contribution in [0.15, 0.2) is 0 Å². The van der Waals surface area contributed by atoms with E-state index < -0.39 is 14.8 Å². The molecule has 1 fully saturated rings. The SMILES string of the molecule is CNCC(C)CN1C(=O)C(C)(C)S1(=O)=O. The second-order valence-electron chi connectivity index (χ2n) is 4.51. The maximum atomic E-state index is 11.7. The summed E-state index contributed by atoms with van der Waals surface area (Å²) < 4.78 is 23.2. The molecule has 0 aromatic heterocycles. The van der Waals surface area contributed by atoms with Crippen LogP contribution in [0.4, 0.5) is 0 Å². The Morgan fingerprint density at radius 1 is 1.47 bits per heavy atom. The monoisotopic (exact) mass is 234 g/mol. The van der Waals surface area contributed by atoms with Crippen molar-refractivity contribution in [2.24, 2.45) is 5.92 Å². The highest BCUT2D eigenvalue weighted by Crippen LogP contribution is 2.35. The Morgan fingerprint density at radius 3 is 2.40 bits per heavy atom. The van der Waals surface area contributed by atoms with E-state index in [1.54, 1.807) is 7.05 Å². The van der Waals surface area contributed by atoms with Crippen LogP contribution >= 0.6 is 0 Å². The van der Waals surface area contributed by atoms with Crippen molar-refractivity contribution in [3.05, 3.63) is 0 Å². The number of carbonyl (C=O) groups is 1. The summed E-state index contributed by atoms with van der Waals surface area (Å²) in [7, 11) is -1.61. The third kappa shape index (κ3) is 1.76. The fourth-order valence-corrected chi connectivity index (χ4v) is 3.28. The Labute approximate surface area is 90.9 Å². The smallest absolute Gasteiger partial charge is 0.258 e. The third-order valence-corrected chi connectivity index (χ3v) is 5.07. The first-order valence-electron chi connectivity index (χ1n) is 4.96. The van der Waals surface area contributed by atoms with E-state index in [-0.39, 0.29) is 18.4 Å². The van der Waals surface area contributed by atoms with Gasteiger partial charge in [0.15, 0.2) is 4.75 Å². The number of nitrogens with zero attached hydrogens (tertiary/aromatic N) is 1. The van der Waals surface area contributed by atoms with Crippen molar-refractivity contribution in [3.63, 3.8) is 0 Å². The molecule has 1 aliphatic rings. The minimum absolute atomic E-state index is 0.129. The summed E-state index contributed by atoms with van der Waals surface area (Å²) in [6, 6.07) is 0. The van der Waals surface area contributed by atoms with Crippen molar-refractivity contribution in [2.45, 2.75) is 25.5 Å². The average Bonchev–Trinajstić information content (AvgIpc) is 2.13. The minimum Gasteiger partial charge on any atom is -0.319 e. The van der Waals surface area contributed by atoms with E-state index in [0.717, 1.165) is 4.31 Å². The van der Waals surface area contributed by atoms with Gasteiger partial charge in [-0.3, -0.25) is 4.79 Å². The van der Waals surface area contributed by atoms with Crippen LogP contribution in [-0.2, 0) is 14.8 Å². The lowest BCUT2D eigenvalue weighted by Crippen LogP contribution is -2.68. The fourth-order valence-electron chi connectivity index (χ4n) is 1.63. The first-order valence-corrected chi connectivity index (χ1v) is 6.40.